The molecular formula is C110H205N15O7. The maximum atomic E-state index is 12.1. The Morgan fingerprint density at radius 3 is 1.12 bits per heavy atom. The Morgan fingerprint density at radius 2 is 0.720 bits per heavy atom. The Bertz CT molecular complexity index is 3190. The van der Waals surface area contributed by atoms with Crippen molar-refractivity contribution in [3.63, 3.8) is 0 Å². The minimum absolute atomic E-state index is 0.0601. The molecule has 7 aliphatic rings. The number of likely N-dealkylation sites (N-methyl/N-ethyl adjacent to an activating group) is 2. The predicted octanol–water partition coefficient (Wildman–Crippen LogP) is 20.2. The first kappa shape index (κ1) is 120. The van der Waals surface area contributed by atoms with Crippen LogP contribution in [0.1, 0.15) is 388 Å². The smallest absolute Gasteiger partial charge is 0.227 e. The van der Waals surface area contributed by atoms with Gasteiger partial charge in [-0.25, -0.2) is 0 Å². The third-order valence-corrected chi connectivity index (χ3v) is 27.9. The summed E-state index contributed by atoms with van der Waals surface area (Å²) in [5.41, 5.74) is 2.06. The van der Waals surface area contributed by atoms with Crippen molar-refractivity contribution in [3.8, 4) is 0 Å². The quantitative estimate of drug-likeness (QED) is 0.0306. The lowest BCUT2D eigenvalue weighted by atomic mass is 9.89. The molecule has 7 N–H and O–H groups in total. The molecule has 1 unspecified atom stereocenters. The van der Waals surface area contributed by atoms with E-state index in [1.807, 2.05) is 134 Å². The van der Waals surface area contributed by atoms with E-state index in [0.29, 0.717) is 24.2 Å². The third kappa shape index (κ3) is 53.8. The molecule has 1 aliphatic heterocycles. The zero-order valence-corrected chi connectivity index (χ0v) is 89.0. The fourth-order valence-corrected chi connectivity index (χ4v) is 19.4. The normalized spacial score (nSPS) is 17.7. The van der Waals surface area contributed by atoms with Crippen LogP contribution in [0.15, 0.2) is 54.7 Å². The van der Waals surface area contributed by atoms with Crippen molar-refractivity contribution in [1.29, 1.82) is 0 Å². The molecule has 0 spiro atoms. The summed E-state index contributed by atoms with van der Waals surface area (Å²) in [6.07, 6.45) is 53.5. The molecule has 7 fully saturated rings. The van der Waals surface area contributed by atoms with Crippen LogP contribution in [-0.2, 0) is 40.1 Å². The summed E-state index contributed by atoms with van der Waals surface area (Å²) in [5.74, 6) is 1.76. The molecule has 762 valence electrons. The van der Waals surface area contributed by atoms with Gasteiger partial charge in [-0.2, -0.15) is 0 Å². The number of nitrogens with one attached hydrogen (secondary N) is 7. The molecule has 132 heavy (non-hydrogen) atoms. The number of aromatic nitrogens is 1. The number of benzene rings is 1. The third-order valence-electron chi connectivity index (χ3n) is 27.9. The number of likely N-dealkylation sites (tertiary alicyclic amines) is 1. The molecular weight excluding hydrogens is 1640 g/mol. The zero-order valence-electron chi connectivity index (χ0n) is 89.0. The van der Waals surface area contributed by atoms with Crippen molar-refractivity contribution in [1.82, 2.24) is 71.6 Å². The van der Waals surface area contributed by atoms with Crippen LogP contribution in [0.4, 0.5) is 5.69 Å². The SMILES string of the molecule is CC(C)C(=O)NCCC1CCCCN1C1CCCCC1.CC(C)C(=O)NCCCCN(C)C1CCCCC1.CC(C)C(=O)NCCCN(C(C)C)C1CCCCC1.CC(C)C(=O)NCCCN(C(C)C)C1CCCCC1.CC(C)C(=O)NCCCNCc1ccccn1.CC(C)C(=O)NCCN(c1ccccc1)C1CCCCC1.CN(CCN(C)C1CCCCC1)C(=O)C(C)(C)C. The van der Waals surface area contributed by atoms with Crippen LogP contribution in [0.25, 0.3) is 0 Å². The standard InChI is InChI=1S/C18H28N2O.C17H32N2O.2C16H32N2O.2C15H30N2O.C13H21N3O/c1-15(2)18(21)19-13-14-20(16-9-5-3-6-10-16)17-11-7-4-8-12-17;1-14(2)17(20)18-12-11-16-10-6-7-13-19(16)15-8-4-3-5-9-15;2*1-13(2)16(19)17-11-8-12-18(14(3)4)15-9-6-5-7-10-15;1-15(2,3)14(18)17(5)12-11-16(4)13-9-7-6-8-10-13;1-13(2)15(18)16-11-7-8-12-17(3)14-9-5-4-6-10-14;1-11(2)13(17)16-9-5-7-14-10-12-6-3-4-8-15-12/h3,5-6,9-10,15,17H,4,7-8,11-14H2,1-2H3,(H,19,21);14-16H,3-13H2,1-2H3,(H,18,20);2*13-15H,5-12H2,1-4H3,(H,17,19);13H,6-12H2,1-5H3;13-14H,4-12H2,1-3H3,(H,16,18);3-4,6,8,11,14H,5,7,9-10H2,1-2H3,(H,16,17). The van der Waals surface area contributed by atoms with Crippen molar-refractivity contribution in [2.75, 3.05) is 118 Å². The molecule has 22 heteroatoms. The highest BCUT2D eigenvalue weighted by Crippen LogP contribution is 2.32. The van der Waals surface area contributed by atoms with Crippen LogP contribution in [0.5, 0.6) is 0 Å². The first-order valence-corrected chi connectivity index (χ1v) is 54.1. The molecule has 7 amide bonds. The van der Waals surface area contributed by atoms with Crippen LogP contribution < -0.4 is 42.1 Å². The molecule has 1 aromatic carbocycles. The molecule has 1 aromatic heterocycles. The van der Waals surface area contributed by atoms with Gasteiger partial charge in [0.15, 0.2) is 0 Å². The first-order valence-electron chi connectivity index (χ1n) is 54.1. The van der Waals surface area contributed by atoms with Gasteiger partial charge in [0.25, 0.3) is 0 Å². The van der Waals surface area contributed by atoms with E-state index < -0.39 is 0 Å². The van der Waals surface area contributed by atoms with E-state index in [1.165, 1.54) is 237 Å². The zero-order chi connectivity index (χ0) is 97.6. The summed E-state index contributed by atoms with van der Waals surface area (Å²) >= 11 is 0. The fraction of sp³-hybridized carbons (Fsp3) is 0.836. The van der Waals surface area contributed by atoms with Crippen molar-refractivity contribution >= 4 is 47.0 Å². The van der Waals surface area contributed by atoms with E-state index in [1.54, 1.807) is 6.20 Å². The number of unbranched alkanes of at least 4 members (excludes halogenated alkanes) is 1. The van der Waals surface area contributed by atoms with Gasteiger partial charge in [0.05, 0.1) is 5.69 Å². The number of nitrogens with zero attached hydrogens (tertiary/aromatic N) is 8. The average molecular weight is 1850 g/mol. The van der Waals surface area contributed by atoms with Crippen molar-refractivity contribution in [2.24, 2.45) is 40.9 Å². The molecule has 0 bridgehead atoms. The monoisotopic (exact) mass is 1850 g/mol. The van der Waals surface area contributed by atoms with Crippen molar-refractivity contribution in [3.05, 3.63) is 60.4 Å². The van der Waals surface area contributed by atoms with Gasteiger partial charge in [-0.3, -0.25) is 53.2 Å². The van der Waals surface area contributed by atoms with Gasteiger partial charge in [0.1, 0.15) is 0 Å². The second-order valence-electron chi connectivity index (χ2n) is 43.0. The van der Waals surface area contributed by atoms with Gasteiger partial charge in [-0.1, -0.05) is 250 Å². The fourth-order valence-electron chi connectivity index (χ4n) is 19.4. The number of hydrogen-bond donors (Lipinski definition) is 7. The van der Waals surface area contributed by atoms with E-state index in [-0.39, 0.29) is 82.3 Å². The number of pyridine rings is 1. The molecule has 0 radical (unpaired) electrons. The second-order valence-corrected chi connectivity index (χ2v) is 43.0. The number of piperidine rings is 1. The number of carbonyl (C=O) groups is 7. The number of amides is 7. The van der Waals surface area contributed by atoms with Crippen LogP contribution >= 0.6 is 0 Å². The van der Waals surface area contributed by atoms with Crippen molar-refractivity contribution < 1.29 is 33.6 Å². The van der Waals surface area contributed by atoms with Gasteiger partial charge in [0, 0.05) is 193 Å². The Hall–Kier alpha value is -5.78. The Morgan fingerprint density at radius 1 is 0.356 bits per heavy atom. The molecule has 1 saturated heterocycles. The number of carbonyl (C=O) groups excluding carboxylic acids is 7. The summed E-state index contributed by atoms with van der Waals surface area (Å²) < 4.78 is 0. The predicted molar refractivity (Wildman–Crippen MR) is 556 cm³/mol. The molecule has 2 aromatic rings. The van der Waals surface area contributed by atoms with Gasteiger partial charge < -0.3 is 56.8 Å². The summed E-state index contributed by atoms with van der Waals surface area (Å²) in [5, 5.41) is 21.3. The summed E-state index contributed by atoms with van der Waals surface area (Å²) in [7, 11) is 6.37. The van der Waals surface area contributed by atoms with E-state index in [9.17, 15) is 33.6 Å². The maximum Gasteiger partial charge on any atom is 0.227 e. The minimum atomic E-state index is -0.266. The molecule has 22 nitrogen and oxygen atoms in total. The summed E-state index contributed by atoms with van der Waals surface area (Å²) in [6, 6.07) is 23.0. The van der Waals surface area contributed by atoms with E-state index >= 15 is 0 Å². The Balaban J connectivity index is 0.000000397. The van der Waals surface area contributed by atoms with Crippen molar-refractivity contribution in [2.45, 2.75) is 443 Å². The molecule has 2 heterocycles. The molecule has 6 aliphatic carbocycles. The number of para-hydroxylation sites is 1. The summed E-state index contributed by atoms with van der Waals surface area (Å²) in [4.78, 5) is 103. The largest absolute Gasteiger partial charge is 0.367 e. The van der Waals surface area contributed by atoms with Gasteiger partial charge >= 0.3 is 0 Å². The highest BCUT2D eigenvalue weighted by Gasteiger charge is 2.32. The van der Waals surface area contributed by atoms with Crippen LogP contribution in [0.3, 0.4) is 0 Å². The van der Waals surface area contributed by atoms with Crippen LogP contribution in [0.2, 0.25) is 0 Å². The minimum Gasteiger partial charge on any atom is -0.367 e. The highest BCUT2D eigenvalue weighted by molar-refractivity contribution is 5.81. The van der Waals surface area contributed by atoms with Gasteiger partial charge in [-0.05, 0) is 214 Å². The lowest BCUT2D eigenvalue weighted by Gasteiger charge is -2.43. The maximum absolute atomic E-state index is 12.1. The first-order chi connectivity index (χ1) is 63.0. The number of hydrogen-bond acceptors (Lipinski definition) is 15. The number of anilines is 1. The average Bonchev–Trinajstić information content (AvgIpc) is 0.852. The van der Waals surface area contributed by atoms with Gasteiger partial charge in [0.2, 0.25) is 41.4 Å². The molecule has 1 atom stereocenters. The highest BCUT2D eigenvalue weighted by atomic mass is 16.2. The topological polar surface area (TPSA) is 239 Å². The Labute approximate surface area is 809 Å². The van der Waals surface area contributed by atoms with Crippen LogP contribution in [0, 0.1) is 40.9 Å². The lowest BCUT2D eigenvalue weighted by Crippen LogP contribution is -2.48. The van der Waals surface area contributed by atoms with Crippen LogP contribution in [-0.4, -0.2) is 243 Å². The lowest BCUT2D eigenvalue weighted by molar-refractivity contribution is -0.138. The summed E-state index contributed by atoms with van der Waals surface area (Å²) in [6.45, 7) is 52.2. The molecule has 6 saturated carbocycles. The van der Waals surface area contributed by atoms with E-state index in [0.717, 1.165) is 153 Å². The molecule has 9 rings (SSSR count). The van der Waals surface area contributed by atoms with E-state index in [4.69, 9.17) is 0 Å². The second kappa shape index (κ2) is 71.6. The van der Waals surface area contributed by atoms with E-state index in [2.05, 4.69) is 144 Å². The van der Waals surface area contributed by atoms with Gasteiger partial charge in [-0.15, -0.1) is 0 Å². The number of rotatable bonds is 43. The Kier molecular flexibility index (Phi) is 65.3.